The van der Waals surface area contributed by atoms with Crippen LogP contribution in [0.2, 0.25) is 0 Å². The minimum absolute atomic E-state index is 0.194. The maximum atomic E-state index is 11.7. The third-order valence-corrected chi connectivity index (χ3v) is 7.98. The molecule has 5 rings (SSSR count). The first-order chi connectivity index (χ1) is 9.62. The van der Waals surface area contributed by atoms with E-state index in [1.54, 1.807) is 0 Å². The second-order valence-electron chi connectivity index (χ2n) is 8.37. The number of hydrogen-bond donors (Lipinski definition) is 0. The Kier molecular flexibility index (Phi) is 2.07. The fraction of sp³-hybridized carbons (Fsp3) is 0.833. The van der Waals surface area contributed by atoms with Crippen LogP contribution in [0.3, 0.4) is 0 Å². The molecule has 20 heavy (non-hydrogen) atoms. The van der Waals surface area contributed by atoms with Crippen LogP contribution in [0.4, 0.5) is 0 Å². The molecule has 0 aromatic heterocycles. The van der Waals surface area contributed by atoms with Crippen LogP contribution in [0.25, 0.3) is 0 Å². The molecule has 9 atom stereocenters. The summed E-state index contributed by atoms with van der Waals surface area (Å²) in [6.45, 7) is 5.75. The smallest absolute Gasteiger partial charge is 0.330 e. The molecule has 0 aromatic carbocycles. The van der Waals surface area contributed by atoms with E-state index in [0.29, 0.717) is 5.92 Å². The minimum atomic E-state index is -0.221. The molecule has 0 aliphatic heterocycles. The molecule has 0 radical (unpaired) electrons. The zero-order valence-electron chi connectivity index (χ0n) is 12.3. The van der Waals surface area contributed by atoms with Crippen LogP contribution in [0, 0.1) is 47.3 Å². The van der Waals surface area contributed by atoms with Crippen molar-refractivity contribution in [2.45, 2.75) is 44.6 Å². The quantitative estimate of drug-likeness (QED) is 0.437. The van der Waals surface area contributed by atoms with Crippen LogP contribution in [-0.4, -0.2) is 11.6 Å². The highest BCUT2D eigenvalue weighted by Crippen LogP contribution is 2.75. The zero-order valence-corrected chi connectivity index (χ0v) is 12.3. The molecule has 0 heterocycles. The molecule has 5 fully saturated rings. The van der Waals surface area contributed by atoms with Gasteiger partial charge < -0.3 is 4.74 Å². The molecule has 4 bridgehead atoms. The summed E-state index contributed by atoms with van der Waals surface area (Å²) in [6, 6.07) is 0. The van der Waals surface area contributed by atoms with Crippen molar-refractivity contribution in [2.75, 3.05) is 0 Å². The number of rotatable bonds is 2. The molecule has 0 aromatic rings. The molecule has 108 valence electrons. The molecule has 5 aliphatic carbocycles. The lowest BCUT2D eigenvalue weighted by atomic mass is 9.55. The van der Waals surface area contributed by atoms with E-state index in [9.17, 15) is 4.79 Å². The fourth-order valence-electron chi connectivity index (χ4n) is 7.54. The van der Waals surface area contributed by atoms with Crippen molar-refractivity contribution in [1.82, 2.24) is 0 Å². The van der Waals surface area contributed by atoms with Crippen LogP contribution >= 0.6 is 0 Å². The van der Waals surface area contributed by atoms with E-state index in [-0.39, 0.29) is 11.6 Å². The third-order valence-electron chi connectivity index (χ3n) is 7.98. The van der Waals surface area contributed by atoms with E-state index in [1.807, 2.05) is 0 Å². The van der Waals surface area contributed by atoms with Crippen molar-refractivity contribution in [3.8, 4) is 0 Å². The van der Waals surface area contributed by atoms with Gasteiger partial charge in [-0.1, -0.05) is 6.58 Å². The van der Waals surface area contributed by atoms with Crippen LogP contribution in [-0.2, 0) is 9.53 Å². The van der Waals surface area contributed by atoms with Crippen LogP contribution in [0.15, 0.2) is 12.7 Å². The Morgan fingerprint density at radius 1 is 1.15 bits per heavy atom. The standard InChI is InChI=1S/C18H24O2/c1-3-15(19)20-18(2)8-9-6-14(18)17-13-7-12(16(9)17)10-4-5-11(10)13/h3,9-14,16-17H,1,4-8H2,2H3. The van der Waals surface area contributed by atoms with Gasteiger partial charge >= 0.3 is 5.97 Å². The number of carbonyl (C=O) groups is 1. The highest BCUT2D eigenvalue weighted by Gasteiger charge is 2.71. The van der Waals surface area contributed by atoms with E-state index in [2.05, 4.69) is 13.5 Å². The van der Waals surface area contributed by atoms with Crippen molar-refractivity contribution < 1.29 is 9.53 Å². The normalized spacial score (nSPS) is 60.9. The molecule has 0 N–H and O–H groups in total. The second kappa shape index (κ2) is 3.51. The monoisotopic (exact) mass is 272 g/mol. The van der Waals surface area contributed by atoms with Gasteiger partial charge in [-0.15, -0.1) is 0 Å². The second-order valence-corrected chi connectivity index (χ2v) is 8.37. The third kappa shape index (κ3) is 1.17. The van der Waals surface area contributed by atoms with Crippen molar-refractivity contribution in [3.05, 3.63) is 12.7 Å². The SMILES string of the molecule is C=CC(=O)OC1(C)CC2CC1C1C3CC(C4CCC43)C21. The molecule has 0 saturated heterocycles. The van der Waals surface area contributed by atoms with Crippen molar-refractivity contribution in [1.29, 1.82) is 0 Å². The molecule has 5 saturated carbocycles. The molecular formula is C18H24O2. The van der Waals surface area contributed by atoms with Gasteiger partial charge in [-0.2, -0.15) is 0 Å². The summed E-state index contributed by atoms with van der Waals surface area (Å²) in [6.07, 6.45) is 8.26. The summed E-state index contributed by atoms with van der Waals surface area (Å²) in [5, 5.41) is 0. The first-order valence-corrected chi connectivity index (χ1v) is 8.48. The van der Waals surface area contributed by atoms with Crippen molar-refractivity contribution >= 4 is 5.97 Å². The van der Waals surface area contributed by atoms with Gasteiger partial charge in [0.25, 0.3) is 0 Å². The summed E-state index contributed by atoms with van der Waals surface area (Å²) >= 11 is 0. The van der Waals surface area contributed by atoms with Gasteiger partial charge in [-0.3, -0.25) is 0 Å². The number of fused-ring (bicyclic) bond motifs is 12. The fourth-order valence-corrected chi connectivity index (χ4v) is 7.54. The van der Waals surface area contributed by atoms with Gasteiger partial charge in [0.05, 0.1) is 0 Å². The number of ether oxygens (including phenoxy) is 1. The minimum Gasteiger partial charge on any atom is -0.456 e. The van der Waals surface area contributed by atoms with Crippen LogP contribution in [0.5, 0.6) is 0 Å². The first-order valence-electron chi connectivity index (χ1n) is 8.48. The van der Waals surface area contributed by atoms with Gasteiger partial charge in [0.2, 0.25) is 0 Å². The van der Waals surface area contributed by atoms with Crippen LogP contribution in [0.1, 0.15) is 39.0 Å². The number of carbonyl (C=O) groups excluding carboxylic acids is 1. The lowest BCUT2D eigenvalue weighted by Crippen LogP contribution is -2.50. The van der Waals surface area contributed by atoms with Gasteiger partial charge in [0.15, 0.2) is 0 Å². The predicted molar refractivity (Wildman–Crippen MR) is 75.7 cm³/mol. The molecule has 2 heteroatoms. The predicted octanol–water partition coefficient (Wildman–Crippen LogP) is 3.42. The Hall–Kier alpha value is -0.790. The average Bonchev–Trinajstić information content (AvgIpc) is 3.02. The van der Waals surface area contributed by atoms with E-state index >= 15 is 0 Å². The summed E-state index contributed by atoms with van der Waals surface area (Å²) in [5.41, 5.74) is -0.194. The first kappa shape index (κ1) is 11.8. The lowest BCUT2D eigenvalue weighted by Gasteiger charge is -2.52. The summed E-state index contributed by atoms with van der Waals surface area (Å²) in [4.78, 5) is 11.7. The Balaban J connectivity index is 1.46. The molecule has 9 unspecified atom stereocenters. The largest absolute Gasteiger partial charge is 0.456 e. The number of hydrogen-bond acceptors (Lipinski definition) is 2. The van der Waals surface area contributed by atoms with E-state index < -0.39 is 0 Å². The zero-order chi connectivity index (χ0) is 13.6. The van der Waals surface area contributed by atoms with E-state index in [0.717, 1.165) is 47.8 Å². The summed E-state index contributed by atoms with van der Waals surface area (Å²) in [5.74, 6) is 7.26. The molecule has 2 nitrogen and oxygen atoms in total. The van der Waals surface area contributed by atoms with Crippen molar-refractivity contribution in [2.24, 2.45) is 47.3 Å². The van der Waals surface area contributed by atoms with E-state index in [1.165, 1.54) is 31.8 Å². The van der Waals surface area contributed by atoms with Crippen molar-refractivity contribution in [3.63, 3.8) is 0 Å². The number of esters is 1. The highest BCUT2D eigenvalue weighted by atomic mass is 16.6. The lowest BCUT2D eigenvalue weighted by molar-refractivity contribution is -0.165. The molecule has 0 spiro atoms. The Bertz CT molecular complexity index is 498. The van der Waals surface area contributed by atoms with E-state index in [4.69, 9.17) is 4.74 Å². The Morgan fingerprint density at radius 2 is 1.85 bits per heavy atom. The summed E-state index contributed by atoms with van der Waals surface area (Å²) in [7, 11) is 0. The molecule has 0 amide bonds. The maximum Gasteiger partial charge on any atom is 0.330 e. The Morgan fingerprint density at radius 3 is 2.50 bits per heavy atom. The summed E-state index contributed by atoms with van der Waals surface area (Å²) < 4.78 is 5.82. The van der Waals surface area contributed by atoms with Gasteiger partial charge in [-0.25, -0.2) is 4.79 Å². The Labute approximate surface area is 120 Å². The van der Waals surface area contributed by atoms with Gasteiger partial charge in [-0.05, 0) is 80.5 Å². The highest BCUT2D eigenvalue weighted by molar-refractivity contribution is 5.81. The van der Waals surface area contributed by atoms with Gasteiger partial charge in [0.1, 0.15) is 5.60 Å². The maximum absolute atomic E-state index is 11.7. The molecular weight excluding hydrogens is 248 g/mol. The topological polar surface area (TPSA) is 26.3 Å². The van der Waals surface area contributed by atoms with Crippen LogP contribution < -0.4 is 0 Å². The van der Waals surface area contributed by atoms with Gasteiger partial charge in [0, 0.05) is 12.0 Å². The average molecular weight is 272 g/mol. The molecule has 5 aliphatic rings.